The molecule has 0 radical (unpaired) electrons. The zero-order valence-electron chi connectivity index (χ0n) is 8.20. The molecule has 0 N–H and O–H groups in total. The van der Waals surface area contributed by atoms with Crippen molar-refractivity contribution in [3.8, 4) is 5.75 Å². The second-order valence-corrected chi connectivity index (χ2v) is 5.05. The van der Waals surface area contributed by atoms with Crippen LogP contribution in [0.5, 0.6) is 5.75 Å². The molecule has 1 rings (SSSR count). The third-order valence-corrected chi connectivity index (χ3v) is 2.25. The first-order chi connectivity index (χ1) is 6.31. The molecule has 0 fully saturated rings. The molecule has 0 aromatic heterocycles. The maximum absolute atomic E-state index is 13.3. The van der Waals surface area contributed by atoms with Gasteiger partial charge in [0.1, 0.15) is 5.60 Å². The topological polar surface area (TPSA) is 9.23 Å². The zero-order valence-corrected chi connectivity index (χ0v) is 10.4. The summed E-state index contributed by atoms with van der Waals surface area (Å²) >= 11 is 1.73. The summed E-state index contributed by atoms with van der Waals surface area (Å²) in [4.78, 5) is 0. The monoisotopic (exact) mass is 312 g/mol. The Hall–Kier alpha value is -0.390. The van der Waals surface area contributed by atoms with Crippen LogP contribution in [0.4, 0.5) is 8.78 Å². The fourth-order valence-corrected chi connectivity index (χ4v) is 1.33. The van der Waals surface area contributed by atoms with Gasteiger partial charge in [-0.05, 0) is 55.5 Å². The molecule has 0 atom stereocenters. The minimum atomic E-state index is -0.924. The van der Waals surface area contributed by atoms with Crippen molar-refractivity contribution in [3.63, 3.8) is 0 Å². The second kappa shape index (κ2) is 4.00. The Labute approximate surface area is 95.6 Å². The predicted molar refractivity (Wildman–Crippen MR) is 59.5 cm³/mol. The van der Waals surface area contributed by atoms with Crippen LogP contribution >= 0.6 is 22.6 Å². The molecule has 0 aliphatic rings. The van der Waals surface area contributed by atoms with Gasteiger partial charge in [0, 0.05) is 0 Å². The van der Waals surface area contributed by atoms with E-state index in [4.69, 9.17) is 4.74 Å². The number of ether oxygens (including phenoxy) is 1. The van der Waals surface area contributed by atoms with E-state index in [9.17, 15) is 8.78 Å². The summed E-state index contributed by atoms with van der Waals surface area (Å²) in [6, 6.07) is 2.92. The molecule has 0 spiro atoms. The molecule has 0 aliphatic heterocycles. The standard InChI is InChI=1S/C10H11F2IO/c1-10(2,3)14-7-5-4-6(13)8(11)9(7)12/h4-5H,1-3H3. The number of rotatable bonds is 1. The fourth-order valence-electron chi connectivity index (χ4n) is 0.917. The Morgan fingerprint density at radius 1 is 1.14 bits per heavy atom. The number of halogens is 3. The van der Waals surface area contributed by atoms with Gasteiger partial charge in [-0.1, -0.05) is 0 Å². The Morgan fingerprint density at radius 2 is 1.71 bits per heavy atom. The van der Waals surface area contributed by atoms with Gasteiger partial charge in [0.05, 0.1) is 3.57 Å². The molecule has 0 saturated heterocycles. The highest BCUT2D eigenvalue weighted by molar-refractivity contribution is 14.1. The van der Waals surface area contributed by atoms with Crippen molar-refractivity contribution >= 4 is 22.6 Å². The van der Waals surface area contributed by atoms with Gasteiger partial charge >= 0.3 is 0 Å². The van der Waals surface area contributed by atoms with Gasteiger partial charge in [-0.2, -0.15) is 4.39 Å². The van der Waals surface area contributed by atoms with Gasteiger partial charge in [0.15, 0.2) is 11.6 Å². The van der Waals surface area contributed by atoms with Crippen LogP contribution < -0.4 is 4.74 Å². The van der Waals surface area contributed by atoms with Gasteiger partial charge in [0.2, 0.25) is 5.82 Å². The van der Waals surface area contributed by atoms with E-state index in [0.717, 1.165) is 0 Å². The van der Waals surface area contributed by atoms with Crippen molar-refractivity contribution < 1.29 is 13.5 Å². The third-order valence-electron chi connectivity index (χ3n) is 1.42. The van der Waals surface area contributed by atoms with E-state index in [1.807, 2.05) is 0 Å². The maximum atomic E-state index is 13.3. The zero-order chi connectivity index (χ0) is 10.9. The highest BCUT2D eigenvalue weighted by atomic mass is 127. The van der Waals surface area contributed by atoms with Crippen molar-refractivity contribution in [2.75, 3.05) is 0 Å². The van der Waals surface area contributed by atoms with Gasteiger partial charge in [-0.15, -0.1) is 0 Å². The Kier molecular flexibility index (Phi) is 3.34. The van der Waals surface area contributed by atoms with Crippen LogP contribution in [0.15, 0.2) is 12.1 Å². The molecular weight excluding hydrogens is 301 g/mol. The third kappa shape index (κ3) is 2.80. The summed E-state index contributed by atoms with van der Waals surface area (Å²) < 4.78 is 31.9. The van der Waals surface area contributed by atoms with E-state index in [1.54, 1.807) is 43.4 Å². The van der Waals surface area contributed by atoms with Crippen molar-refractivity contribution in [1.82, 2.24) is 0 Å². The molecule has 0 unspecified atom stereocenters. The quantitative estimate of drug-likeness (QED) is 0.567. The normalized spacial score (nSPS) is 11.6. The molecule has 0 amide bonds. The van der Waals surface area contributed by atoms with Gasteiger partial charge in [-0.25, -0.2) is 4.39 Å². The lowest BCUT2D eigenvalue weighted by atomic mass is 10.2. The van der Waals surface area contributed by atoms with Crippen LogP contribution in [0.3, 0.4) is 0 Å². The van der Waals surface area contributed by atoms with Crippen molar-refractivity contribution in [3.05, 3.63) is 27.3 Å². The first-order valence-electron chi connectivity index (χ1n) is 4.14. The van der Waals surface area contributed by atoms with E-state index in [2.05, 4.69) is 0 Å². The molecular formula is C10H11F2IO. The first kappa shape index (κ1) is 11.7. The Morgan fingerprint density at radius 3 is 2.21 bits per heavy atom. The van der Waals surface area contributed by atoms with E-state index in [0.29, 0.717) is 0 Å². The molecule has 0 aliphatic carbocycles. The molecule has 0 heterocycles. The lowest BCUT2D eigenvalue weighted by Gasteiger charge is -2.21. The smallest absolute Gasteiger partial charge is 0.201 e. The summed E-state index contributed by atoms with van der Waals surface area (Å²) in [6.07, 6.45) is 0. The minimum Gasteiger partial charge on any atom is -0.485 e. The van der Waals surface area contributed by atoms with E-state index >= 15 is 0 Å². The molecule has 78 valence electrons. The van der Waals surface area contributed by atoms with Gasteiger partial charge < -0.3 is 4.74 Å². The van der Waals surface area contributed by atoms with Crippen LogP contribution in [0.25, 0.3) is 0 Å². The molecule has 1 nitrogen and oxygen atoms in total. The van der Waals surface area contributed by atoms with Crippen LogP contribution in [0.2, 0.25) is 0 Å². The minimum absolute atomic E-state index is 0.0459. The summed E-state index contributed by atoms with van der Waals surface area (Å²) in [6.45, 7) is 5.34. The summed E-state index contributed by atoms with van der Waals surface area (Å²) in [5, 5.41) is 0. The second-order valence-electron chi connectivity index (χ2n) is 3.89. The van der Waals surface area contributed by atoms with Gasteiger partial charge in [0.25, 0.3) is 0 Å². The Bertz CT molecular complexity index is 345. The molecule has 4 heteroatoms. The average molecular weight is 312 g/mol. The lowest BCUT2D eigenvalue weighted by Crippen LogP contribution is -2.23. The Balaban J connectivity index is 3.06. The fraction of sp³-hybridized carbons (Fsp3) is 0.400. The summed E-state index contributed by atoms with van der Waals surface area (Å²) in [7, 11) is 0. The SMILES string of the molecule is CC(C)(C)Oc1ccc(I)c(F)c1F. The molecule has 0 saturated carbocycles. The van der Waals surface area contributed by atoms with E-state index in [-0.39, 0.29) is 9.32 Å². The van der Waals surface area contributed by atoms with Gasteiger partial charge in [-0.3, -0.25) is 0 Å². The number of hydrogen-bond donors (Lipinski definition) is 0. The van der Waals surface area contributed by atoms with Crippen LogP contribution in [-0.4, -0.2) is 5.60 Å². The lowest BCUT2D eigenvalue weighted by molar-refractivity contribution is 0.123. The molecule has 1 aromatic carbocycles. The summed E-state index contributed by atoms with van der Waals surface area (Å²) in [5.41, 5.74) is -0.528. The number of benzene rings is 1. The highest BCUT2D eigenvalue weighted by Gasteiger charge is 2.18. The van der Waals surface area contributed by atoms with Crippen molar-refractivity contribution in [2.45, 2.75) is 26.4 Å². The van der Waals surface area contributed by atoms with Crippen molar-refractivity contribution in [1.29, 1.82) is 0 Å². The van der Waals surface area contributed by atoms with Crippen LogP contribution in [0.1, 0.15) is 20.8 Å². The molecule has 1 aromatic rings. The summed E-state index contributed by atoms with van der Waals surface area (Å²) in [5.74, 6) is -1.82. The highest BCUT2D eigenvalue weighted by Crippen LogP contribution is 2.26. The number of hydrogen-bond acceptors (Lipinski definition) is 1. The maximum Gasteiger partial charge on any atom is 0.201 e. The molecule has 0 bridgehead atoms. The largest absolute Gasteiger partial charge is 0.485 e. The van der Waals surface area contributed by atoms with E-state index < -0.39 is 17.2 Å². The first-order valence-corrected chi connectivity index (χ1v) is 5.21. The van der Waals surface area contributed by atoms with Crippen LogP contribution in [-0.2, 0) is 0 Å². The van der Waals surface area contributed by atoms with Crippen molar-refractivity contribution in [2.24, 2.45) is 0 Å². The average Bonchev–Trinajstić information content (AvgIpc) is 2.04. The predicted octanol–water partition coefficient (Wildman–Crippen LogP) is 3.75. The van der Waals surface area contributed by atoms with Crippen LogP contribution in [0, 0.1) is 15.2 Å². The molecule has 14 heavy (non-hydrogen) atoms. The van der Waals surface area contributed by atoms with E-state index in [1.165, 1.54) is 12.1 Å².